The predicted molar refractivity (Wildman–Crippen MR) is 91.4 cm³/mol. The van der Waals surface area contributed by atoms with Gasteiger partial charge >= 0.3 is 0 Å². The van der Waals surface area contributed by atoms with E-state index in [1.165, 1.54) is 0 Å². The van der Waals surface area contributed by atoms with Crippen molar-refractivity contribution in [3.05, 3.63) is 32.4 Å². The van der Waals surface area contributed by atoms with E-state index in [0.29, 0.717) is 10.6 Å². The second-order valence-electron chi connectivity index (χ2n) is 5.31. The summed E-state index contributed by atoms with van der Waals surface area (Å²) in [6, 6.07) is 5.85. The first-order valence-electron chi connectivity index (χ1n) is 6.97. The molecule has 1 aromatic rings. The molecule has 20 heavy (non-hydrogen) atoms. The van der Waals surface area contributed by atoms with Gasteiger partial charge in [-0.05, 0) is 67.2 Å². The maximum absolute atomic E-state index is 12.7. The van der Waals surface area contributed by atoms with Crippen molar-refractivity contribution in [3.63, 3.8) is 0 Å². The molecule has 0 aliphatic carbocycles. The van der Waals surface area contributed by atoms with Crippen LogP contribution in [0.3, 0.4) is 0 Å². The van der Waals surface area contributed by atoms with Crippen LogP contribution in [0.15, 0.2) is 18.2 Å². The van der Waals surface area contributed by atoms with Crippen molar-refractivity contribution >= 4 is 40.1 Å². The van der Waals surface area contributed by atoms with Gasteiger partial charge < -0.3 is 9.80 Å². The molecule has 0 bridgehead atoms. The number of benzene rings is 1. The number of carbonyl (C=O) groups is 1. The summed E-state index contributed by atoms with van der Waals surface area (Å²) < 4.78 is 0.975. The topological polar surface area (TPSA) is 23.6 Å². The van der Waals surface area contributed by atoms with Crippen LogP contribution in [0.25, 0.3) is 0 Å². The first kappa shape index (κ1) is 16.0. The van der Waals surface area contributed by atoms with Crippen molar-refractivity contribution < 1.29 is 4.79 Å². The number of halogens is 2. The van der Waals surface area contributed by atoms with Crippen LogP contribution in [-0.2, 0) is 0 Å². The highest BCUT2D eigenvalue weighted by Crippen LogP contribution is 2.22. The molecule has 1 fully saturated rings. The Bertz CT molecular complexity index is 495. The smallest absolute Gasteiger partial charge is 0.254 e. The highest BCUT2D eigenvalue weighted by Gasteiger charge is 2.27. The maximum Gasteiger partial charge on any atom is 0.254 e. The fourth-order valence-corrected chi connectivity index (χ4v) is 3.17. The molecule has 1 aromatic carbocycles. The van der Waals surface area contributed by atoms with Gasteiger partial charge in [-0.1, -0.05) is 18.5 Å². The molecule has 0 N–H and O–H groups in total. The van der Waals surface area contributed by atoms with Crippen molar-refractivity contribution in [1.82, 2.24) is 9.80 Å². The van der Waals surface area contributed by atoms with Gasteiger partial charge in [0.25, 0.3) is 5.91 Å². The summed E-state index contributed by atoms with van der Waals surface area (Å²) in [6.45, 7) is 4.96. The molecule has 1 aliphatic heterocycles. The quantitative estimate of drug-likeness (QED) is 0.702. The Labute approximate surface area is 139 Å². The van der Waals surface area contributed by atoms with Crippen LogP contribution in [0.4, 0.5) is 0 Å². The van der Waals surface area contributed by atoms with Gasteiger partial charge in [0.1, 0.15) is 0 Å². The molecule has 1 amide bonds. The van der Waals surface area contributed by atoms with E-state index in [1.807, 2.05) is 17.0 Å². The number of amides is 1. The lowest BCUT2D eigenvalue weighted by Gasteiger charge is -2.30. The molecule has 0 aromatic heterocycles. The van der Waals surface area contributed by atoms with Crippen LogP contribution in [0.5, 0.6) is 0 Å². The highest BCUT2D eigenvalue weighted by molar-refractivity contribution is 14.1. The van der Waals surface area contributed by atoms with Crippen LogP contribution in [0.1, 0.15) is 30.1 Å². The molecule has 1 heterocycles. The lowest BCUT2D eigenvalue weighted by molar-refractivity contribution is 0.0675. The van der Waals surface area contributed by atoms with Gasteiger partial charge in [-0.3, -0.25) is 4.79 Å². The number of carbonyl (C=O) groups excluding carboxylic acids is 1. The second-order valence-corrected chi connectivity index (χ2v) is 6.87. The van der Waals surface area contributed by atoms with E-state index in [-0.39, 0.29) is 11.9 Å². The molecule has 1 atom stereocenters. The van der Waals surface area contributed by atoms with Crippen molar-refractivity contribution in [1.29, 1.82) is 0 Å². The normalized spacial score (nSPS) is 20.8. The minimum Gasteiger partial charge on any atom is -0.334 e. The fraction of sp³-hybridized carbons (Fsp3) is 0.533. The lowest BCUT2D eigenvalue weighted by atomic mass is 10.1. The Morgan fingerprint density at radius 3 is 2.85 bits per heavy atom. The third-order valence-corrected chi connectivity index (χ3v) is 5.37. The third kappa shape index (κ3) is 3.65. The monoisotopic (exact) mass is 406 g/mol. The predicted octanol–water partition coefficient (Wildman–Crippen LogP) is 3.50. The summed E-state index contributed by atoms with van der Waals surface area (Å²) in [5.74, 6) is 0.102. The van der Waals surface area contributed by atoms with Crippen LogP contribution in [-0.4, -0.2) is 48.4 Å². The zero-order chi connectivity index (χ0) is 14.7. The highest BCUT2D eigenvalue weighted by atomic mass is 127. The van der Waals surface area contributed by atoms with E-state index in [9.17, 15) is 4.79 Å². The minimum absolute atomic E-state index is 0.102. The summed E-state index contributed by atoms with van der Waals surface area (Å²) in [4.78, 5) is 17.1. The van der Waals surface area contributed by atoms with Gasteiger partial charge in [0, 0.05) is 28.3 Å². The first-order chi connectivity index (χ1) is 9.52. The molecule has 0 saturated carbocycles. The van der Waals surface area contributed by atoms with E-state index < -0.39 is 0 Å². The Morgan fingerprint density at radius 1 is 1.45 bits per heavy atom. The number of hydrogen-bond acceptors (Lipinski definition) is 2. The standard InChI is InChI=1S/C15H20ClIN2O/c1-3-12-10-18(2)7-4-8-19(12)15(20)11-5-6-14(17)13(16)9-11/h5-6,9,12H,3-4,7-8,10H2,1-2H3. The van der Waals surface area contributed by atoms with E-state index in [1.54, 1.807) is 6.07 Å². The van der Waals surface area contributed by atoms with E-state index >= 15 is 0 Å². The molecule has 2 rings (SSSR count). The summed E-state index contributed by atoms with van der Waals surface area (Å²) in [5.41, 5.74) is 0.693. The lowest BCUT2D eigenvalue weighted by Crippen LogP contribution is -2.43. The van der Waals surface area contributed by atoms with Crippen LogP contribution >= 0.6 is 34.2 Å². The van der Waals surface area contributed by atoms with Crippen molar-refractivity contribution in [3.8, 4) is 0 Å². The largest absolute Gasteiger partial charge is 0.334 e. The minimum atomic E-state index is 0.102. The first-order valence-corrected chi connectivity index (χ1v) is 8.43. The number of rotatable bonds is 2. The molecule has 0 radical (unpaired) electrons. The number of likely N-dealkylation sites (N-methyl/N-ethyl adjacent to an activating group) is 1. The maximum atomic E-state index is 12.7. The Kier molecular flexibility index (Phi) is 5.69. The second kappa shape index (κ2) is 7.09. The van der Waals surface area contributed by atoms with Crippen LogP contribution < -0.4 is 0 Å². The summed E-state index contributed by atoms with van der Waals surface area (Å²) >= 11 is 8.31. The molecule has 3 nitrogen and oxygen atoms in total. The van der Waals surface area contributed by atoms with Crippen molar-refractivity contribution in [2.24, 2.45) is 0 Å². The van der Waals surface area contributed by atoms with Gasteiger partial charge in [0.05, 0.1) is 5.02 Å². The summed E-state index contributed by atoms with van der Waals surface area (Å²) in [5, 5.41) is 0.649. The van der Waals surface area contributed by atoms with E-state index in [2.05, 4.69) is 41.5 Å². The van der Waals surface area contributed by atoms with Gasteiger partial charge in [-0.2, -0.15) is 0 Å². The molecular weight excluding hydrogens is 387 g/mol. The van der Waals surface area contributed by atoms with Gasteiger partial charge in [0.15, 0.2) is 0 Å². The Balaban J connectivity index is 2.23. The molecule has 110 valence electrons. The van der Waals surface area contributed by atoms with Crippen molar-refractivity contribution in [2.75, 3.05) is 26.7 Å². The molecule has 0 spiro atoms. The zero-order valence-electron chi connectivity index (χ0n) is 11.9. The van der Waals surface area contributed by atoms with E-state index in [0.717, 1.165) is 36.0 Å². The Hall–Kier alpha value is -0.330. The zero-order valence-corrected chi connectivity index (χ0v) is 14.8. The number of hydrogen-bond donors (Lipinski definition) is 0. The van der Waals surface area contributed by atoms with E-state index in [4.69, 9.17) is 11.6 Å². The SMILES string of the molecule is CCC1CN(C)CCCN1C(=O)c1ccc(I)c(Cl)c1. The molecule has 5 heteroatoms. The molecular formula is C15H20ClIN2O. The summed E-state index contributed by atoms with van der Waals surface area (Å²) in [6.07, 6.45) is 2.00. The van der Waals surface area contributed by atoms with Gasteiger partial charge in [-0.15, -0.1) is 0 Å². The molecule has 1 unspecified atom stereocenters. The Morgan fingerprint density at radius 2 is 2.20 bits per heavy atom. The van der Waals surface area contributed by atoms with Gasteiger partial charge in [-0.25, -0.2) is 0 Å². The van der Waals surface area contributed by atoms with Gasteiger partial charge in [0.2, 0.25) is 0 Å². The average molecular weight is 407 g/mol. The molecule has 1 saturated heterocycles. The average Bonchev–Trinajstić information content (AvgIpc) is 2.62. The number of nitrogens with zero attached hydrogens (tertiary/aromatic N) is 2. The van der Waals surface area contributed by atoms with Crippen LogP contribution in [0.2, 0.25) is 5.02 Å². The fourth-order valence-electron chi connectivity index (χ4n) is 2.66. The molecule has 1 aliphatic rings. The van der Waals surface area contributed by atoms with Crippen molar-refractivity contribution in [2.45, 2.75) is 25.8 Å². The van der Waals surface area contributed by atoms with Crippen LogP contribution in [0, 0.1) is 3.57 Å². The third-order valence-electron chi connectivity index (χ3n) is 3.80. The summed E-state index contributed by atoms with van der Waals surface area (Å²) in [7, 11) is 2.12.